The van der Waals surface area contributed by atoms with E-state index in [0.29, 0.717) is 32.0 Å². The van der Waals surface area contributed by atoms with Gasteiger partial charge in [0.05, 0.1) is 6.42 Å². The van der Waals surface area contributed by atoms with Crippen LogP contribution in [0, 0.1) is 12.7 Å². The number of imidazole rings is 1. The molecule has 10 nitrogen and oxygen atoms in total. The number of nitrogens with one attached hydrogen (secondary N) is 1. The fourth-order valence-corrected chi connectivity index (χ4v) is 4.26. The quantitative estimate of drug-likeness (QED) is 0.560. The van der Waals surface area contributed by atoms with Crippen molar-refractivity contribution in [2.75, 3.05) is 44.2 Å². The number of anilines is 1. The second-order valence-corrected chi connectivity index (χ2v) is 9.10. The van der Waals surface area contributed by atoms with Crippen molar-refractivity contribution >= 4 is 27.6 Å². The van der Waals surface area contributed by atoms with Crippen LogP contribution >= 0.6 is 0 Å². The Kier molecular flexibility index (Phi) is 7.46. The molecule has 1 saturated heterocycles. The zero-order chi connectivity index (χ0) is 23.3. The molecule has 2 heterocycles. The highest BCUT2D eigenvalue weighted by Gasteiger charge is 2.23. The lowest BCUT2D eigenvalue weighted by Gasteiger charge is -2.36. The van der Waals surface area contributed by atoms with Gasteiger partial charge in [0.25, 0.3) is 15.9 Å². The number of rotatable bonds is 8. The van der Waals surface area contributed by atoms with Crippen molar-refractivity contribution in [3.8, 4) is 0 Å². The molecule has 1 aromatic carbocycles. The molecule has 1 fully saturated rings. The summed E-state index contributed by atoms with van der Waals surface area (Å²) in [4.78, 5) is 31.8. The van der Waals surface area contributed by atoms with Crippen molar-refractivity contribution in [2.45, 2.75) is 18.4 Å². The molecular weight excluding hydrogens is 441 g/mol. The van der Waals surface area contributed by atoms with E-state index in [-0.39, 0.29) is 29.7 Å². The number of benzene rings is 1. The molecule has 1 N–H and O–H groups in total. The number of ether oxygens (including phenoxy) is 1. The summed E-state index contributed by atoms with van der Waals surface area (Å²) in [5.41, 5.74) is 0.883. The van der Waals surface area contributed by atoms with Gasteiger partial charge in [-0.15, -0.1) is 0 Å². The fourth-order valence-electron chi connectivity index (χ4n) is 3.19. The van der Waals surface area contributed by atoms with Crippen molar-refractivity contribution in [3.05, 3.63) is 42.1 Å². The normalized spacial score (nSPS) is 14.5. The van der Waals surface area contributed by atoms with E-state index >= 15 is 0 Å². The molecule has 0 aliphatic carbocycles. The second kappa shape index (κ2) is 10.1. The summed E-state index contributed by atoms with van der Waals surface area (Å²) in [5.74, 6) is -0.754. The third kappa shape index (κ3) is 6.04. The predicted molar refractivity (Wildman–Crippen MR) is 114 cm³/mol. The number of sulfonamides is 1. The van der Waals surface area contributed by atoms with Crippen LogP contribution in [-0.2, 0) is 31.4 Å². The number of hydrogen-bond donors (Lipinski definition) is 1. The number of carbonyl (C=O) groups excluding carboxylic acids is 2. The second-order valence-electron chi connectivity index (χ2n) is 7.39. The van der Waals surface area contributed by atoms with Crippen molar-refractivity contribution in [1.29, 1.82) is 0 Å². The van der Waals surface area contributed by atoms with Gasteiger partial charge in [-0.25, -0.2) is 22.5 Å². The summed E-state index contributed by atoms with van der Waals surface area (Å²) >= 11 is 0. The Morgan fingerprint density at radius 1 is 1.16 bits per heavy atom. The van der Waals surface area contributed by atoms with E-state index in [4.69, 9.17) is 4.74 Å². The molecule has 32 heavy (non-hydrogen) atoms. The Bertz CT molecular complexity index is 1040. The number of piperazine rings is 1. The first kappa shape index (κ1) is 23.7. The van der Waals surface area contributed by atoms with Crippen molar-refractivity contribution < 1.29 is 27.1 Å². The lowest BCUT2D eigenvalue weighted by molar-refractivity contribution is -0.152. The van der Waals surface area contributed by atoms with Crippen LogP contribution < -0.4 is 9.62 Å². The number of carbonyl (C=O) groups is 2. The van der Waals surface area contributed by atoms with Crippen molar-refractivity contribution in [1.82, 2.24) is 19.2 Å². The molecule has 174 valence electrons. The van der Waals surface area contributed by atoms with Gasteiger partial charge >= 0.3 is 5.97 Å². The van der Waals surface area contributed by atoms with Crippen LogP contribution in [-0.4, -0.2) is 74.1 Å². The third-order valence-corrected chi connectivity index (χ3v) is 6.50. The van der Waals surface area contributed by atoms with Gasteiger partial charge in [0.1, 0.15) is 11.6 Å². The first-order chi connectivity index (χ1) is 15.2. The lowest BCUT2D eigenvalue weighted by atomic mass is 10.2. The maximum absolute atomic E-state index is 13.1. The average molecular weight is 468 g/mol. The summed E-state index contributed by atoms with van der Waals surface area (Å²) in [6.45, 7) is 3.19. The SMILES string of the molecule is Cc1nc(S(=O)(=O)NCCC(=O)OCC(=O)N2CCN(c3ccc(F)cc3)CC2)cn1C. The molecule has 0 unspecified atom stereocenters. The summed E-state index contributed by atoms with van der Waals surface area (Å²) in [7, 11) is -2.15. The van der Waals surface area contributed by atoms with E-state index in [1.54, 1.807) is 35.6 Å². The molecule has 3 rings (SSSR count). The van der Waals surface area contributed by atoms with Gasteiger partial charge in [0, 0.05) is 51.7 Å². The minimum absolute atomic E-state index is 0.124. The zero-order valence-corrected chi connectivity index (χ0v) is 18.8. The van der Waals surface area contributed by atoms with E-state index in [9.17, 15) is 22.4 Å². The Balaban J connectivity index is 1.37. The van der Waals surface area contributed by atoms with Gasteiger partial charge in [-0.05, 0) is 31.2 Å². The number of aromatic nitrogens is 2. The third-order valence-electron chi connectivity index (χ3n) is 5.16. The van der Waals surface area contributed by atoms with Gasteiger partial charge in [-0.1, -0.05) is 0 Å². The van der Waals surface area contributed by atoms with Crippen LogP contribution in [0.1, 0.15) is 12.2 Å². The molecule has 0 atom stereocenters. The number of esters is 1. The number of nitrogens with zero attached hydrogens (tertiary/aromatic N) is 4. The van der Waals surface area contributed by atoms with E-state index in [1.165, 1.54) is 18.3 Å². The first-order valence-electron chi connectivity index (χ1n) is 10.1. The minimum atomic E-state index is -3.83. The van der Waals surface area contributed by atoms with Crippen LogP contribution in [0.3, 0.4) is 0 Å². The molecule has 0 spiro atoms. The van der Waals surface area contributed by atoms with Gasteiger partial charge in [0.15, 0.2) is 11.6 Å². The summed E-state index contributed by atoms with van der Waals surface area (Å²) in [6.07, 6.45) is 1.17. The van der Waals surface area contributed by atoms with Gasteiger partial charge in [0.2, 0.25) is 0 Å². The molecule has 1 aromatic heterocycles. The molecule has 1 aliphatic heterocycles. The van der Waals surface area contributed by atoms with Crippen LogP contribution in [0.15, 0.2) is 35.5 Å². The maximum atomic E-state index is 13.1. The first-order valence-corrected chi connectivity index (χ1v) is 11.6. The maximum Gasteiger partial charge on any atom is 0.307 e. The number of aryl methyl sites for hydroxylation is 2. The smallest absolute Gasteiger partial charge is 0.307 e. The number of hydrogen-bond acceptors (Lipinski definition) is 7. The van der Waals surface area contributed by atoms with Crippen LogP contribution in [0.4, 0.5) is 10.1 Å². The van der Waals surface area contributed by atoms with E-state index < -0.39 is 22.6 Å². The van der Waals surface area contributed by atoms with Crippen LogP contribution in [0.2, 0.25) is 0 Å². The monoisotopic (exact) mass is 467 g/mol. The lowest BCUT2D eigenvalue weighted by Crippen LogP contribution is -2.50. The molecule has 0 saturated carbocycles. The molecule has 0 bridgehead atoms. The Morgan fingerprint density at radius 2 is 1.81 bits per heavy atom. The fraction of sp³-hybridized carbons (Fsp3) is 0.450. The molecular formula is C20H26FN5O5S. The standard InChI is InChI=1S/C20H26FN5O5S/c1-15-23-18(13-24(15)2)32(29,30)22-8-7-20(28)31-14-19(27)26-11-9-25(10-12-26)17-5-3-16(21)4-6-17/h3-6,13,22H,7-12,14H2,1-2H3. The summed E-state index contributed by atoms with van der Waals surface area (Å²) in [6, 6.07) is 6.17. The van der Waals surface area contributed by atoms with Gasteiger partial charge in [-0.2, -0.15) is 0 Å². The molecule has 1 aliphatic rings. The van der Waals surface area contributed by atoms with E-state index in [1.807, 2.05) is 4.90 Å². The molecule has 2 aromatic rings. The Hall–Kier alpha value is -2.99. The zero-order valence-electron chi connectivity index (χ0n) is 18.0. The summed E-state index contributed by atoms with van der Waals surface area (Å²) in [5, 5.41) is -0.124. The topological polar surface area (TPSA) is 114 Å². The van der Waals surface area contributed by atoms with Gasteiger partial charge in [-0.3, -0.25) is 9.59 Å². The van der Waals surface area contributed by atoms with Crippen molar-refractivity contribution in [2.24, 2.45) is 7.05 Å². The molecule has 12 heteroatoms. The predicted octanol–water partition coefficient (Wildman–Crippen LogP) is 0.428. The molecule has 0 radical (unpaired) electrons. The van der Waals surface area contributed by atoms with E-state index in [2.05, 4.69) is 9.71 Å². The Labute approximate surface area is 186 Å². The Morgan fingerprint density at radius 3 is 2.41 bits per heavy atom. The highest BCUT2D eigenvalue weighted by Crippen LogP contribution is 2.17. The van der Waals surface area contributed by atoms with Crippen LogP contribution in [0.25, 0.3) is 0 Å². The highest BCUT2D eigenvalue weighted by molar-refractivity contribution is 7.89. The van der Waals surface area contributed by atoms with Crippen LogP contribution in [0.5, 0.6) is 0 Å². The highest BCUT2D eigenvalue weighted by atomic mass is 32.2. The number of halogens is 1. The minimum Gasteiger partial charge on any atom is -0.456 e. The van der Waals surface area contributed by atoms with Gasteiger partial charge < -0.3 is 19.1 Å². The average Bonchev–Trinajstić information content (AvgIpc) is 3.12. The van der Waals surface area contributed by atoms with Crippen molar-refractivity contribution in [3.63, 3.8) is 0 Å². The number of amides is 1. The summed E-state index contributed by atoms with van der Waals surface area (Å²) < 4.78 is 46.3. The van der Waals surface area contributed by atoms with E-state index in [0.717, 1.165) is 5.69 Å². The molecule has 1 amide bonds. The largest absolute Gasteiger partial charge is 0.456 e.